The molecule has 1 spiro atoms. The summed E-state index contributed by atoms with van der Waals surface area (Å²) in [6.45, 7) is 4.17. The molecular formula is C14H22O5. The SMILES string of the molecule is C[C@@H]1CC[C@H]2CC(O)O[C@@H]3O[C@@]4(C)CC[C@@H]1[C@@]23OO4. The first kappa shape index (κ1) is 12.5. The van der Waals surface area contributed by atoms with Gasteiger partial charge in [0, 0.05) is 18.8 Å². The molecule has 5 rings (SSSR count). The van der Waals surface area contributed by atoms with Crippen LogP contribution in [0.4, 0.5) is 0 Å². The third-order valence-electron chi connectivity index (χ3n) is 5.64. The molecule has 2 bridgehead atoms. The summed E-state index contributed by atoms with van der Waals surface area (Å²) in [5, 5.41) is 9.93. The molecule has 0 aromatic carbocycles. The molecule has 4 saturated heterocycles. The van der Waals surface area contributed by atoms with Crippen LogP contribution in [0.2, 0.25) is 0 Å². The number of ether oxygens (including phenoxy) is 2. The van der Waals surface area contributed by atoms with Gasteiger partial charge in [0.25, 0.3) is 0 Å². The Balaban J connectivity index is 1.80. The van der Waals surface area contributed by atoms with Crippen molar-refractivity contribution >= 4 is 0 Å². The van der Waals surface area contributed by atoms with Gasteiger partial charge in [-0.2, -0.15) is 0 Å². The highest BCUT2D eigenvalue weighted by Crippen LogP contribution is 2.58. The largest absolute Gasteiger partial charge is 0.368 e. The first-order valence-electron chi connectivity index (χ1n) is 7.42. The molecule has 1 unspecified atom stereocenters. The Bertz CT molecular complexity index is 384. The topological polar surface area (TPSA) is 57.2 Å². The fourth-order valence-corrected chi connectivity index (χ4v) is 4.58. The van der Waals surface area contributed by atoms with Gasteiger partial charge in [-0.15, -0.1) is 0 Å². The van der Waals surface area contributed by atoms with Crippen LogP contribution in [-0.2, 0) is 19.2 Å². The number of hydrogen-bond acceptors (Lipinski definition) is 5. The van der Waals surface area contributed by atoms with Gasteiger partial charge in [-0.25, -0.2) is 9.78 Å². The highest BCUT2D eigenvalue weighted by Gasteiger charge is 2.67. The average molecular weight is 270 g/mol. The smallest absolute Gasteiger partial charge is 0.201 e. The van der Waals surface area contributed by atoms with Gasteiger partial charge in [0.05, 0.1) is 0 Å². The maximum atomic E-state index is 9.93. The zero-order chi connectivity index (χ0) is 13.3. The van der Waals surface area contributed by atoms with Crippen LogP contribution in [0.3, 0.4) is 0 Å². The number of aliphatic hydroxyl groups is 1. The van der Waals surface area contributed by atoms with Crippen LogP contribution < -0.4 is 0 Å². The molecule has 0 aromatic heterocycles. The molecule has 5 aliphatic rings. The van der Waals surface area contributed by atoms with Crippen molar-refractivity contribution in [2.24, 2.45) is 17.8 Å². The number of rotatable bonds is 0. The highest BCUT2D eigenvalue weighted by atomic mass is 17.3. The molecular weight excluding hydrogens is 248 g/mol. The Morgan fingerprint density at radius 2 is 2.00 bits per heavy atom. The van der Waals surface area contributed by atoms with Crippen molar-refractivity contribution in [1.29, 1.82) is 0 Å². The lowest BCUT2D eigenvalue weighted by Crippen LogP contribution is -2.68. The molecule has 1 aliphatic carbocycles. The highest BCUT2D eigenvalue weighted by molar-refractivity contribution is 5.07. The summed E-state index contributed by atoms with van der Waals surface area (Å²) < 4.78 is 11.7. The summed E-state index contributed by atoms with van der Waals surface area (Å²) in [6.07, 6.45) is 3.42. The second-order valence-electron chi connectivity index (χ2n) is 6.83. The fraction of sp³-hybridized carbons (Fsp3) is 1.00. The molecule has 0 aromatic rings. The van der Waals surface area contributed by atoms with Gasteiger partial charge in [0.15, 0.2) is 18.2 Å². The summed E-state index contributed by atoms with van der Waals surface area (Å²) in [6, 6.07) is 0. The van der Waals surface area contributed by atoms with Crippen molar-refractivity contribution in [2.75, 3.05) is 0 Å². The molecule has 4 aliphatic heterocycles. The molecule has 4 heterocycles. The van der Waals surface area contributed by atoms with E-state index in [0.717, 1.165) is 19.3 Å². The van der Waals surface area contributed by atoms with E-state index in [1.807, 2.05) is 6.92 Å². The monoisotopic (exact) mass is 270 g/mol. The molecule has 19 heavy (non-hydrogen) atoms. The lowest BCUT2D eigenvalue weighted by molar-refractivity contribution is -0.572. The van der Waals surface area contributed by atoms with Crippen molar-refractivity contribution in [3.05, 3.63) is 0 Å². The van der Waals surface area contributed by atoms with Gasteiger partial charge in [0.2, 0.25) is 5.79 Å². The Kier molecular flexibility index (Phi) is 2.59. The van der Waals surface area contributed by atoms with E-state index in [-0.39, 0.29) is 5.92 Å². The lowest BCUT2D eigenvalue weighted by atomic mass is 9.60. The van der Waals surface area contributed by atoms with Crippen molar-refractivity contribution in [3.63, 3.8) is 0 Å². The standard InChI is InChI=1S/C14H22O5/c1-8-3-4-9-7-11(15)16-12-14(9)10(8)5-6-13(2,17-12)18-19-14/h8-12,15H,3-7H2,1-2H3/t8-,9+,10+,11?,12-,13-,14+/m1/s1. The molecule has 5 fully saturated rings. The van der Waals surface area contributed by atoms with Crippen LogP contribution >= 0.6 is 0 Å². The number of fused-ring (bicyclic) bond motifs is 2. The van der Waals surface area contributed by atoms with E-state index in [4.69, 9.17) is 19.2 Å². The van der Waals surface area contributed by atoms with Crippen molar-refractivity contribution in [3.8, 4) is 0 Å². The zero-order valence-corrected chi connectivity index (χ0v) is 11.5. The predicted molar refractivity (Wildman–Crippen MR) is 64.5 cm³/mol. The van der Waals surface area contributed by atoms with E-state index in [1.165, 1.54) is 6.42 Å². The molecule has 0 amide bonds. The molecule has 7 atom stereocenters. The van der Waals surface area contributed by atoms with E-state index in [1.54, 1.807) is 0 Å². The van der Waals surface area contributed by atoms with Crippen LogP contribution in [0.15, 0.2) is 0 Å². The lowest BCUT2D eigenvalue weighted by Gasteiger charge is -2.57. The third kappa shape index (κ3) is 1.59. The number of hydrogen-bond donors (Lipinski definition) is 1. The van der Waals surface area contributed by atoms with E-state index in [9.17, 15) is 5.11 Å². The first-order valence-corrected chi connectivity index (χ1v) is 7.42. The molecule has 1 saturated carbocycles. The normalized spacial score (nSPS) is 60.5. The minimum Gasteiger partial charge on any atom is -0.368 e. The summed E-state index contributed by atoms with van der Waals surface area (Å²) in [5.74, 6) is 0.470. The van der Waals surface area contributed by atoms with Crippen molar-refractivity contribution < 1.29 is 24.4 Å². The van der Waals surface area contributed by atoms with Gasteiger partial charge in [-0.05, 0) is 38.0 Å². The van der Waals surface area contributed by atoms with Gasteiger partial charge < -0.3 is 14.6 Å². The second kappa shape index (κ2) is 3.92. The predicted octanol–water partition coefficient (Wildman–Crippen LogP) is 1.94. The first-order chi connectivity index (χ1) is 9.03. The molecule has 0 radical (unpaired) electrons. The van der Waals surface area contributed by atoms with Crippen LogP contribution in [-0.4, -0.2) is 29.1 Å². The van der Waals surface area contributed by atoms with Gasteiger partial charge in [-0.1, -0.05) is 6.92 Å². The summed E-state index contributed by atoms with van der Waals surface area (Å²) in [4.78, 5) is 11.5. The Hall–Kier alpha value is -0.200. The molecule has 1 N–H and O–H groups in total. The molecule has 108 valence electrons. The van der Waals surface area contributed by atoms with Gasteiger partial charge in [-0.3, -0.25) is 0 Å². The van der Waals surface area contributed by atoms with E-state index < -0.39 is 24.0 Å². The van der Waals surface area contributed by atoms with E-state index in [2.05, 4.69) is 6.92 Å². The minimum atomic E-state index is -0.749. The van der Waals surface area contributed by atoms with Crippen LogP contribution in [0, 0.1) is 17.8 Å². The third-order valence-corrected chi connectivity index (χ3v) is 5.64. The van der Waals surface area contributed by atoms with E-state index >= 15 is 0 Å². The Morgan fingerprint density at radius 3 is 2.84 bits per heavy atom. The molecule has 5 heteroatoms. The fourth-order valence-electron chi connectivity index (χ4n) is 4.58. The van der Waals surface area contributed by atoms with Crippen LogP contribution in [0.25, 0.3) is 0 Å². The second-order valence-corrected chi connectivity index (χ2v) is 6.83. The van der Waals surface area contributed by atoms with Crippen LogP contribution in [0.5, 0.6) is 0 Å². The number of aliphatic hydroxyl groups excluding tert-OH is 1. The minimum absolute atomic E-state index is 0.255. The van der Waals surface area contributed by atoms with Crippen LogP contribution in [0.1, 0.15) is 46.0 Å². The summed E-state index contributed by atoms with van der Waals surface area (Å²) >= 11 is 0. The molecule has 5 nitrogen and oxygen atoms in total. The van der Waals surface area contributed by atoms with Gasteiger partial charge >= 0.3 is 0 Å². The summed E-state index contributed by atoms with van der Waals surface area (Å²) in [7, 11) is 0. The summed E-state index contributed by atoms with van der Waals surface area (Å²) in [5.41, 5.74) is -0.521. The van der Waals surface area contributed by atoms with Crippen molar-refractivity contribution in [2.45, 2.75) is 69.9 Å². The average Bonchev–Trinajstić information content (AvgIpc) is 2.58. The van der Waals surface area contributed by atoms with Crippen molar-refractivity contribution in [1.82, 2.24) is 0 Å². The van der Waals surface area contributed by atoms with Gasteiger partial charge in [0.1, 0.15) is 0 Å². The van der Waals surface area contributed by atoms with E-state index in [0.29, 0.717) is 18.3 Å². The quantitative estimate of drug-likeness (QED) is 0.682. The Morgan fingerprint density at radius 1 is 1.16 bits per heavy atom. The maximum absolute atomic E-state index is 9.93. The Labute approximate surface area is 113 Å². The zero-order valence-electron chi connectivity index (χ0n) is 11.5. The maximum Gasteiger partial charge on any atom is 0.201 e.